The molecule has 1 fully saturated rings. The average molecular weight is 362 g/mol. The third kappa shape index (κ3) is 4.54. The molecular formula is C18H26N4O2S. The summed E-state index contributed by atoms with van der Waals surface area (Å²) in [6, 6.07) is 6.37. The lowest BCUT2D eigenvalue weighted by Crippen LogP contribution is -2.26. The van der Waals surface area contributed by atoms with E-state index in [-0.39, 0.29) is 0 Å². The predicted octanol–water partition coefficient (Wildman–Crippen LogP) is 3.44. The van der Waals surface area contributed by atoms with E-state index < -0.39 is 0 Å². The van der Waals surface area contributed by atoms with E-state index in [0.717, 1.165) is 54.1 Å². The second-order valence-electron chi connectivity index (χ2n) is 6.76. The van der Waals surface area contributed by atoms with E-state index in [2.05, 4.69) is 45.6 Å². The maximum absolute atomic E-state index is 5.37. The topological polar surface area (TPSA) is 59.5 Å². The normalized spacial score (nSPS) is 17.2. The number of nitrogens with one attached hydrogen (secondary N) is 1. The third-order valence-electron chi connectivity index (χ3n) is 4.28. The van der Waals surface area contributed by atoms with Crippen LogP contribution in [0.4, 0.5) is 10.8 Å². The van der Waals surface area contributed by atoms with Gasteiger partial charge in [0.15, 0.2) is 0 Å². The molecule has 25 heavy (non-hydrogen) atoms. The van der Waals surface area contributed by atoms with Gasteiger partial charge in [0.05, 0.1) is 14.2 Å². The summed E-state index contributed by atoms with van der Waals surface area (Å²) < 4.78 is 15.2. The van der Waals surface area contributed by atoms with Gasteiger partial charge in [0.2, 0.25) is 5.13 Å². The zero-order valence-electron chi connectivity index (χ0n) is 15.3. The van der Waals surface area contributed by atoms with Crippen molar-refractivity contribution in [2.75, 3.05) is 37.5 Å². The zero-order chi connectivity index (χ0) is 17.8. The third-order valence-corrected chi connectivity index (χ3v) is 4.96. The Morgan fingerprint density at radius 2 is 1.96 bits per heavy atom. The number of methoxy groups -OCH3 is 2. The van der Waals surface area contributed by atoms with Crippen LogP contribution >= 0.6 is 11.5 Å². The maximum Gasteiger partial charge on any atom is 0.202 e. The molecule has 0 bridgehead atoms. The fourth-order valence-electron chi connectivity index (χ4n) is 3.02. The van der Waals surface area contributed by atoms with Crippen molar-refractivity contribution in [2.24, 2.45) is 5.92 Å². The highest BCUT2D eigenvalue weighted by Crippen LogP contribution is 2.31. The molecule has 3 rings (SSSR count). The van der Waals surface area contributed by atoms with Gasteiger partial charge < -0.3 is 19.7 Å². The molecule has 1 aliphatic rings. The number of nitrogens with zero attached hydrogens (tertiary/aromatic N) is 3. The number of rotatable bonds is 7. The van der Waals surface area contributed by atoms with Crippen LogP contribution in [0.5, 0.6) is 11.5 Å². The number of ether oxygens (including phenoxy) is 2. The Labute approximate surface area is 153 Å². The van der Waals surface area contributed by atoms with E-state index in [1.807, 2.05) is 6.07 Å². The molecule has 0 radical (unpaired) electrons. The largest absolute Gasteiger partial charge is 0.497 e. The Morgan fingerprint density at radius 3 is 2.60 bits per heavy atom. The van der Waals surface area contributed by atoms with Gasteiger partial charge in [0, 0.05) is 61.0 Å². The Hall–Kier alpha value is -2.02. The van der Waals surface area contributed by atoms with Crippen LogP contribution in [0.3, 0.4) is 0 Å². The minimum atomic E-state index is 0.372. The van der Waals surface area contributed by atoms with Crippen molar-refractivity contribution in [1.82, 2.24) is 9.36 Å². The SMILES string of the molecule is COc1cc(OC)cc(N2CCC(Nc3nc(CC(C)C)ns3)C2)c1. The second-order valence-corrected chi connectivity index (χ2v) is 7.51. The minimum Gasteiger partial charge on any atom is -0.497 e. The maximum atomic E-state index is 5.37. The molecule has 2 aromatic rings. The molecule has 6 nitrogen and oxygen atoms in total. The van der Waals surface area contributed by atoms with Gasteiger partial charge in [-0.05, 0) is 12.3 Å². The van der Waals surface area contributed by atoms with Gasteiger partial charge in [-0.2, -0.15) is 4.37 Å². The lowest BCUT2D eigenvalue weighted by molar-refractivity contribution is 0.394. The first-order valence-electron chi connectivity index (χ1n) is 8.64. The number of anilines is 2. The molecule has 7 heteroatoms. The monoisotopic (exact) mass is 362 g/mol. The first-order chi connectivity index (χ1) is 12.1. The summed E-state index contributed by atoms with van der Waals surface area (Å²) in [6.07, 6.45) is 2.00. The van der Waals surface area contributed by atoms with Crippen LogP contribution in [-0.4, -0.2) is 42.7 Å². The molecule has 0 aliphatic carbocycles. The van der Waals surface area contributed by atoms with Gasteiger partial charge in [-0.15, -0.1) is 0 Å². The van der Waals surface area contributed by atoms with Crippen LogP contribution < -0.4 is 19.7 Å². The van der Waals surface area contributed by atoms with Crippen molar-refractivity contribution in [3.05, 3.63) is 24.0 Å². The molecule has 1 aliphatic heterocycles. The molecule has 1 unspecified atom stereocenters. The summed E-state index contributed by atoms with van der Waals surface area (Å²) in [4.78, 5) is 6.95. The lowest BCUT2D eigenvalue weighted by Gasteiger charge is -2.20. The van der Waals surface area contributed by atoms with E-state index in [4.69, 9.17) is 9.47 Å². The molecule has 1 N–H and O–H groups in total. The first kappa shape index (κ1) is 17.8. The van der Waals surface area contributed by atoms with Gasteiger partial charge in [-0.3, -0.25) is 0 Å². The van der Waals surface area contributed by atoms with Crippen LogP contribution in [-0.2, 0) is 6.42 Å². The molecular weight excluding hydrogens is 336 g/mol. The molecule has 0 amide bonds. The van der Waals surface area contributed by atoms with Crippen molar-refractivity contribution >= 4 is 22.4 Å². The van der Waals surface area contributed by atoms with Crippen LogP contribution in [0.2, 0.25) is 0 Å². The quantitative estimate of drug-likeness (QED) is 0.814. The summed E-state index contributed by atoms with van der Waals surface area (Å²) in [5.74, 6) is 3.14. The molecule has 1 aromatic heterocycles. The van der Waals surface area contributed by atoms with E-state index in [1.165, 1.54) is 11.5 Å². The van der Waals surface area contributed by atoms with Crippen LogP contribution in [0.25, 0.3) is 0 Å². The van der Waals surface area contributed by atoms with Crippen LogP contribution in [0.15, 0.2) is 18.2 Å². The number of aromatic nitrogens is 2. The van der Waals surface area contributed by atoms with Crippen LogP contribution in [0, 0.1) is 5.92 Å². The van der Waals surface area contributed by atoms with Crippen molar-refractivity contribution in [1.29, 1.82) is 0 Å². The summed E-state index contributed by atoms with van der Waals surface area (Å²) in [7, 11) is 3.36. The molecule has 1 saturated heterocycles. The second kappa shape index (κ2) is 7.91. The highest BCUT2D eigenvalue weighted by Gasteiger charge is 2.24. The summed E-state index contributed by atoms with van der Waals surface area (Å²) in [5.41, 5.74) is 1.12. The van der Waals surface area contributed by atoms with Crippen LogP contribution in [0.1, 0.15) is 26.1 Å². The fourth-order valence-corrected chi connectivity index (χ4v) is 3.70. The molecule has 1 aromatic carbocycles. The molecule has 0 saturated carbocycles. The van der Waals surface area contributed by atoms with E-state index in [9.17, 15) is 0 Å². The Bertz CT molecular complexity index is 682. The van der Waals surface area contributed by atoms with E-state index in [1.54, 1.807) is 14.2 Å². The highest BCUT2D eigenvalue weighted by atomic mass is 32.1. The van der Waals surface area contributed by atoms with Gasteiger partial charge in [-0.25, -0.2) is 4.98 Å². The summed E-state index contributed by atoms with van der Waals surface area (Å²) in [5, 5.41) is 4.45. The Morgan fingerprint density at radius 1 is 1.24 bits per heavy atom. The van der Waals surface area contributed by atoms with Crippen molar-refractivity contribution in [2.45, 2.75) is 32.7 Å². The predicted molar refractivity (Wildman–Crippen MR) is 102 cm³/mol. The zero-order valence-corrected chi connectivity index (χ0v) is 16.1. The average Bonchev–Trinajstić information content (AvgIpc) is 3.24. The number of hydrogen-bond acceptors (Lipinski definition) is 7. The fraction of sp³-hybridized carbons (Fsp3) is 0.556. The summed E-state index contributed by atoms with van der Waals surface area (Å²) in [6.45, 7) is 6.29. The van der Waals surface area contributed by atoms with Gasteiger partial charge in [-0.1, -0.05) is 13.8 Å². The highest BCUT2D eigenvalue weighted by molar-refractivity contribution is 7.09. The first-order valence-corrected chi connectivity index (χ1v) is 9.42. The lowest BCUT2D eigenvalue weighted by atomic mass is 10.1. The Balaban J connectivity index is 1.63. The smallest absolute Gasteiger partial charge is 0.202 e. The van der Waals surface area contributed by atoms with Gasteiger partial charge in [0.1, 0.15) is 17.3 Å². The van der Waals surface area contributed by atoms with Crippen molar-refractivity contribution in [3.8, 4) is 11.5 Å². The van der Waals surface area contributed by atoms with Gasteiger partial charge in [0.25, 0.3) is 0 Å². The molecule has 136 valence electrons. The van der Waals surface area contributed by atoms with Crippen molar-refractivity contribution in [3.63, 3.8) is 0 Å². The molecule has 1 atom stereocenters. The minimum absolute atomic E-state index is 0.372. The standard InChI is InChI=1S/C18H26N4O2S/c1-12(2)7-17-20-18(25-21-17)19-13-5-6-22(11-13)14-8-15(23-3)10-16(9-14)24-4/h8-10,12-13H,5-7,11H2,1-4H3,(H,19,20,21). The van der Waals surface area contributed by atoms with Crippen molar-refractivity contribution < 1.29 is 9.47 Å². The van der Waals surface area contributed by atoms with E-state index in [0.29, 0.717) is 12.0 Å². The Kier molecular flexibility index (Phi) is 5.63. The molecule has 2 heterocycles. The van der Waals surface area contributed by atoms with Gasteiger partial charge >= 0.3 is 0 Å². The van der Waals surface area contributed by atoms with E-state index >= 15 is 0 Å². The number of hydrogen-bond donors (Lipinski definition) is 1. The molecule has 0 spiro atoms. The summed E-state index contributed by atoms with van der Waals surface area (Å²) >= 11 is 1.46. The number of benzene rings is 1.